The van der Waals surface area contributed by atoms with Gasteiger partial charge in [0, 0.05) is 0 Å². The SMILES string of the molecule is [O-]c1ccccc1.[O-]c1ccccc1.[O-]c1ccccc1.[Sm+3]. The van der Waals surface area contributed by atoms with Crippen molar-refractivity contribution in [3.05, 3.63) is 91.0 Å². The third-order valence-corrected chi connectivity index (χ3v) is 2.23. The summed E-state index contributed by atoms with van der Waals surface area (Å²) in [6, 6.07) is 25.0. The van der Waals surface area contributed by atoms with Crippen molar-refractivity contribution in [3.8, 4) is 17.2 Å². The van der Waals surface area contributed by atoms with Crippen molar-refractivity contribution in [1.82, 2.24) is 0 Å². The van der Waals surface area contributed by atoms with Crippen LogP contribution in [0.25, 0.3) is 0 Å². The average Bonchev–Trinajstić information content (AvgIpc) is 2.51. The molecule has 0 unspecified atom stereocenters. The van der Waals surface area contributed by atoms with Gasteiger partial charge in [0.1, 0.15) is 0 Å². The molecule has 4 heteroatoms. The molecule has 111 valence electrons. The number of rotatable bonds is 0. The molecule has 0 N–H and O–H groups in total. The quantitative estimate of drug-likeness (QED) is 0.550. The van der Waals surface area contributed by atoms with E-state index in [0.717, 1.165) is 0 Å². The molecule has 0 aromatic heterocycles. The predicted octanol–water partition coefficient (Wildman–Crippen LogP) is 2.28. The molecule has 3 nitrogen and oxygen atoms in total. The van der Waals surface area contributed by atoms with Crippen molar-refractivity contribution in [2.45, 2.75) is 0 Å². The van der Waals surface area contributed by atoms with Crippen LogP contribution in [0.1, 0.15) is 0 Å². The van der Waals surface area contributed by atoms with Crippen molar-refractivity contribution < 1.29 is 55.7 Å². The Hall–Kier alpha value is -1.60. The Balaban J connectivity index is 0.000000294. The molecule has 0 amide bonds. The van der Waals surface area contributed by atoms with Gasteiger partial charge < -0.3 is 15.3 Å². The Morgan fingerprint density at radius 3 is 0.636 bits per heavy atom. The summed E-state index contributed by atoms with van der Waals surface area (Å²) < 4.78 is 0. The minimum absolute atomic E-state index is 0. The van der Waals surface area contributed by atoms with Crippen molar-refractivity contribution in [2.75, 3.05) is 0 Å². The van der Waals surface area contributed by atoms with E-state index in [9.17, 15) is 15.3 Å². The summed E-state index contributed by atoms with van der Waals surface area (Å²) in [6.07, 6.45) is 0. The summed E-state index contributed by atoms with van der Waals surface area (Å²) in [5.41, 5.74) is 0. The first-order chi connectivity index (χ1) is 10.2. The van der Waals surface area contributed by atoms with Crippen LogP contribution < -0.4 is 15.3 Å². The Kier molecular flexibility index (Phi) is 12.1. The Morgan fingerprint density at radius 2 is 0.545 bits per heavy atom. The van der Waals surface area contributed by atoms with Crippen molar-refractivity contribution in [3.63, 3.8) is 0 Å². The molecule has 0 bridgehead atoms. The van der Waals surface area contributed by atoms with Crippen LogP contribution in [0.3, 0.4) is 0 Å². The topological polar surface area (TPSA) is 69.2 Å². The molecule has 0 aliphatic carbocycles. The minimum atomic E-state index is 0. The fourth-order valence-corrected chi connectivity index (χ4v) is 1.26. The summed E-state index contributed by atoms with van der Waals surface area (Å²) in [4.78, 5) is 0. The van der Waals surface area contributed by atoms with Crippen molar-refractivity contribution in [2.24, 2.45) is 0 Å². The maximum absolute atomic E-state index is 10.3. The van der Waals surface area contributed by atoms with Crippen LogP contribution in [0.5, 0.6) is 17.2 Å². The van der Waals surface area contributed by atoms with Crippen LogP contribution in [-0.2, 0) is 0 Å². The van der Waals surface area contributed by atoms with Crippen LogP contribution in [-0.4, -0.2) is 0 Å². The van der Waals surface area contributed by atoms with Gasteiger partial charge in [0.25, 0.3) is 0 Å². The van der Waals surface area contributed by atoms with E-state index in [1.165, 1.54) is 36.4 Å². The van der Waals surface area contributed by atoms with E-state index in [2.05, 4.69) is 0 Å². The normalized spacial score (nSPS) is 8.18. The standard InChI is InChI=1S/3C6H6O.Sm/c3*7-6-4-2-1-3-5-6;/h3*1-5,7H;/q;;;+3/p-3. The van der Waals surface area contributed by atoms with E-state index in [1.54, 1.807) is 36.4 Å². The fraction of sp³-hybridized carbons (Fsp3) is 0. The molecular weight excluding hydrogens is 415 g/mol. The van der Waals surface area contributed by atoms with Gasteiger partial charge in [0.2, 0.25) is 0 Å². The molecule has 0 aliphatic heterocycles. The van der Waals surface area contributed by atoms with Crippen LogP contribution in [0, 0.1) is 40.4 Å². The largest absolute Gasteiger partial charge is 3.00 e. The zero-order valence-electron chi connectivity index (χ0n) is 11.8. The zero-order chi connectivity index (χ0) is 15.3. The molecule has 0 saturated carbocycles. The molecule has 0 aliphatic rings. The first-order valence-corrected chi connectivity index (χ1v) is 6.34. The van der Waals surface area contributed by atoms with E-state index in [0.29, 0.717) is 0 Å². The molecule has 3 rings (SSSR count). The summed E-state index contributed by atoms with van der Waals surface area (Å²) in [6.45, 7) is 0. The fourth-order valence-electron chi connectivity index (χ4n) is 1.26. The van der Waals surface area contributed by atoms with Gasteiger partial charge >= 0.3 is 40.4 Å². The number of benzene rings is 3. The number of hydrogen-bond acceptors (Lipinski definition) is 3. The molecule has 1 radical (unpaired) electrons. The smallest absolute Gasteiger partial charge is 0.872 e. The number of hydrogen-bond donors (Lipinski definition) is 0. The van der Waals surface area contributed by atoms with Gasteiger partial charge in [0.15, 0.2) is 0 Å². The zero-order valence-corrected chi connectivity index (χ0v) is 14.4. The van der Waals surface area contributed by atoms with Gasteiger partial charge in [-0.2, -0.15) is 0 Å². The van der Waals surface area contributed by atoms with Gasteiger partial charge in [-0.05, 0) is 0 Å². The molecule has 3 aromatic rings. The van der Waals surface area contributed by atoms with E-state index >= 15 is 0 Å². The summed E-state index contributed by atoms with van der Waals surface area (Å²) >= 11 is 0. The maximum Gasteiger partial charge on any atom is 3.00 e. The summed E-state index contributed by atoms with van der Waals surface area (Å²) in [5.74, 6) is 0.215. The molecule has 0 heterocycles. The summed E-state index contributed by atoms with van der Waals surface area (Å²) in [7, 11) is 0. The molecule has 0 spiro atoms. The van der Waals surface area contributed by atoms with Crippen LogP contribution in [0.15, 0.2) is 91.0 Å². The van der Waals surface area contributed by atoms with E-state index < -0.39 is 0 Å². The monoisotopic (exact) mass is 431 g/mol. The molecule has 0 saturated heterocycles. The van der Waals surface area contributed by atoms with Gasteiger partial charge in [-0.15, -0.1) is 17.2 Å². The third-order valence-electron chi connectivity index (χ3n) is 2.23. The van der Waals surface area contributed by atoms with Gasteiger partial charge in [-0.1, -0.05) is 91.0 Å². The Bertz CT molecular complexity index is 497. The second-order valence-electron chi connectivity index (χ2n) is 3.94. The van der Waals surface area contributed by atoms with E-state index in [4.69, 9.17) is 0 Å². The van der Waals surface area contributed by atoms with Crippen molar-refractivity contribution in [1.29, 1.82) is 0 Å². The second-order valence-corrected chi connectivity index (χ2v) is 3.94. The number of para-hydroxylation sites is 3. The predicted molar refractivity (Wildman–Crippen MR) is 77.7 cm³/mol. The first kappa shape index (κ1) is 20.4. The molecular formula is C18H15O3Sm. The molecule has 0 atom stereocenters. The van der Waals surface area contributed by atoms with Gasteiger partial charge in [0.05, 0.1) is 0 Å². The van der Waals surface area contributed by atoms with Gasteiger partial charge in [-0.25, -0.2) is 0 Å². The minimum Gasteiger partial charge on any atom is -0.872 e. The molecule has 0 fully saturated rings. The van der Waals surface area contributed by atoms with E-state index in [1.807, 2.05) is 18.2 Å². The van der Waals surface area contributed by atoms with Crippen LogP contribution >= 0.6 is 0 Å². The second kappa shape index (κ2) is 13.1. The first-order valence-electron chi connectivity index (χ1n) is 6.34. The Labute approximate surface area is 163 Å². The van der Waals surface area contributed by atoms with Crippen LogP contribution in [0.2, 0.25) is 0 Å². The average molecular weight is 430 g/mol. The third kappa shape index (κ3) is 11.1. The van der Waals surface area contributed by atoms with Crippen LogP contribution in [0.4, 0.5) is 0 Å². The summed E-state index contributed by atoms with van der Waals surface area (Å²) in [5, 5.41) is 30.8. The van der Waals surface area contributed by atoms with Crippen molar-refractivity contribution >= 4 is 0 Å². The maximum atomic E-state index is 10.3. The molecule has 22 heavy (non-hydrogen) atoms. The molecule has 3 aromatic carbocycles. The van der Waals surface area contributed by atoms with Gasteiger partial charge in [-0.3, -0.25) is 0 Å². The van der Waals surface area contributed by atoms with E-state index in [-0.39, 0.29) is 57.6 Å². The Morgan fingerprint density at radius 1 is 0.364 bits per heavy atom.